The Morgan fingerprint density at radius 3 is 2.47 bits per heavy atom. The number of carbonyl (C=O) groups is 4. The third-order valence-corrected chi connectivity index (χ3v) is 5.58. The summed E-state index contributed by atoms with van der Waals surface area (Å²) in [7, 11) is 1.62. The molecule has 2 aromatic rings. The Hall–Kier alpha value is -3.42. The van der Waals surface area contributed by atoms with E-state index >= 15 is 0 Å². The Bertz CT molecular complexity index is 1020. The van der Waals surface area contributed by atoms with Gasteiger partial charge in [0, 0.05) is 30.5 Å². The second kappa shape index (κ2) is 10.7. The van der Waals surface area contributed by atoms with Crippen molar-refractivity contribution in [2.75, 3.05) is 18.5 Å². The fraction of sp³-hybridized carbons (Fsp3) is 0.417. The first-order valence-electron chi connectivity index (χ1n) is 10.5. The van der Waals surface area contributed by atoms with Crippen molar-refractivity contribution in [2.45, 2.75) is 47.1 Å². The highest BCUT2D eigenvalue weighted by atomic mass is 16.5. The van der Waals surface area contributed by atoms with Crippen molar-refractivity contribution < 1.29 is 23.9 Å². The van der Waals surface area contributed by atoms with Gasteiger partial charge in [0.1, 0.15) is 12.2 Å². The first kappa shape index (κ1) is 24.8. The molecule has 1 aromatic heterocycles. The predicted octanol–water partition coefficient (Wildman–Crippen LogP) is 3.27. The van der Waals surface area contributed by atoms with E-state index in [-0.39, 0.29) is 30.0 Å². The zero-order valence-corrected chi connectivity index (χ0v) is 19.5. The molecule has 8 nitrogen and oxygen atoms in total. The molecule has 2 amide bonds. The van der Waals surface area contributed by atoms with Gasteiger partial charge in [-0.05, 0) is 57.4 Å². The minimum Gasteiger partial charge on any atom is -0.451 e. The van der Waals surface area contributed by atoms with Crippen LogP contribution in [0.3, 0.4) is 0 Å². The number of esters is 1. The molecular weight excluding hydrogens is 410 g/mol. The van der Waals surface area contributed by atoms with Crippen LogP contribution in [0.4, 0.5) is 5.69 Å². The third-order valence-electron chi connectivity index (χ3n) is 5.58. The quantitative estimate of drug-likeness (QED) is 0.476. The Balaban J connectivity index is 2.04. The van der Waals surface area contributed by atoms with E-state index < -0.39 is 18.5 Å². The van der Waals surface area contributed by atoms with Crippen LogP contribution in [0.5, 0.6) is 0 Å². The van der Waals surface area contributed by atoms with E-state index in [4.69, 9.17) is 4.74 Å². The molecule has 0 saturated carbocycles. The van der Waals surface area contributed by atoms with E-state index in [1.165, 1.54) is 28.7 Å². The van der Waals surface area contributed by atoms with Gasteiger partial charge in [-0.15, -0.1) is 0 Å². The number of benzene rings is 1. The van der Waals surface area contributed by atoms with Gasteiger partial charge in [0.25, 0.3) is 5.91 Å². The Labute approximate surface area is 188 Å². The van der Waals surface area contributed by atoms with Crippen molar-refractivity contribution in [1.29, 1.82) is 0 Å². The number of ketones is 1. The van der Waals surface area contributed by atoms with Gasteiger partial charge in [0.05, 0.1) is 0 Å². The van der Waals surface area contributed by atoms with Gasteiger partial charge in [-0.2, -0.15) is 0 Å². The van der Waals surface area contributed by atoms with Crippen LogP contribution in [0.15, 0.2) is 30.5 Å². The number of aromatic nitrogens is 1. The van der Waals surface area contributed by atoms with Crippen LogP contribution in [0.1, 0.15) is 59.2 Å². The molecule has 0 spiro atoms. The molecule has 0 radical (unpaired) electrons. The maximum Gasteiger partial charge on any atom is 0.355 e. The highest BCUT2D eigenvalue weighted by molar-refractivity contribution is 5.98. The fourth-order valence-electron chi connectivity index (χ4n) is 3.19. The number of nitrogens with zero attached hydrogens (tertiary/aromatic N) is 2. The molecule has 0 aliphatic rings. The second-order valence-electron chi connectivity index (χ2n) is 7.93. The number of rotatable bonds is 9. The summed E-state index contributed by atoms with van der Waals surface area (Å²) in [5.74, 6) is -1.68. The number of ether oxygens (including phenoxy) is 1. The minimum absolute atomic E-state index is 0.155. The van der Waals surface area contributed by atoms with Gasteiger partial charge >= 0.3 is 5.97 Å². The molecule has 1 heterocycles. The molecule has 1 N–H and O–H groups in total. The van der Waals surface area contributed by atoms with Gasteiger partial charge < -0.3 is 19.5 Å². The van der Waals surface area contributed by atoms with E-state index in [0.29, 0.717) is 17.7 Å². The van der Waals surface area contributed by atoms with Crippen LogP contribution in [0.25, 0.3) is 0 Å². The van der Waals surface area contributed by atoms with Crippen molar-refractivity contribution >= 4 is 29.3 Å². The van der Waals surface area contributed by atoms with Crippen LogP contribution in [-0.2, 0) is 21.4 Å². The van der Waals surface area contributed by atoms with Crippen molar-refractivity contribution in [3.05, 3.63) is 52.8 Å². The average molecular weight is 442 g/mol. The molecule has 1 atom stereocenters. The molecule has 0 bridgehead atoms. The molecule has 32 heavy (non-hydrogen) atoms. The summed E-state index contributed by atoms with van der Waals surface area (Å²) in [5.41, 5.74) is 3.27. The molecular formula is C24H31N3O5. The van der Waals surface area contributed by atoms with Gasteiger partial charge in [-0.25, -0.2) is 4.79 Å². The Morgan fingerprint density at radius 2 is 1.88 bits per heavy atom. The largest absolute Gasteiger partial charge is 0.451 e. The van der Waals surface area contributed by atoms with Crippen molar-refractivity contribution in [3.8, 4) is 0 Å². The Kier molecular flexibility index (Phi) is 8.34. The van der Waals surface area contributed by atoms with Crippen molar-refractivity contribution in [2.24, 2.45) is 7.05 Å². The number of amides is 2. The zero-order valence-electron chi connectivity index (χ0n) is 19.5. The van der Waals surface area contributed by atoms with Gasteiger partial charge in [-0.1, -0.05) is 19.1 Å². The van der Waals surface area contributed by atoms with E-state index in [1.807, 2.05) is 45.9 Å². The van der Waals surface area contributed by atoms with Crippen molar-refractivity contribution in [3.63, 3.8) is 0 Å². The number of nitrogens with one attached hydrogen (secondary N) is 1. The molecule has 8 heteroatoms. The lowest BCUT2D eigenvalue weighted by molar-refractivity contribution is -0.139. The fourth-order valence-corrected chi connectivity index (χ4v) is 3.19. The van der Waals surface area contributed by atoms with Crippen LogP contribution in [-0.4, -0.2) is 52.2 Å². The SMILES string of the molecule is CCC(C)N(CC(=O)Nc1cccc(C)c1C)C(=O)COC(=O)c1cc(C(C)=O)cn1C. The van der Waals surface area contributed by atoms with E-state index in [0.717, 1.165) is 11.1 Å². The molecule has 172 valence electrons. The highest BCUT2D eigenvalue weighted by Gasteiger charge is 2.24. The minimum atomic E-state index is -0.711. The first-order valence-corrected chi connectivity index (χ1v) is 10.5. The van der Waals surface area contributed by atoms with Crippen LogP contribution < -0.4 is 5.32 Å². The number of Topliss-reactive ketones (excluding diaryl/α,β-unsaturated/α-hetero) is 1. The maximum absolute atomic E-state index is 12.8. The summed E-state index contributed by atoms with van der Waals surface area (Å²) in [6.45, 7) is 8.37. The molecule has 2 rings (SSSR count). The standard InChI is InChI=1S/C24H31N3O5/c1-7-16(3)27(13-22(29)25-20-10-8-9-15(2)17(20)4)23(30)14-32-24(31)21-11-19(18(5)28)12-26(21)6/h8-12,16H,7,13-14H2,1-6H3,(H,25,29). The van der Waals surface area contributed by atoms with Gasteiger partial charge in [-0.3, -0.25) is 14.4 Å². The maximum atomic E-state index is 12.8. The van der Waals surface area contributed by atoms with Crippen LogP contribution >= 0.6 is 0 Å². The lowest BCUT2D eigenvalue weighted by Gasteiger charge is -2.28. The third kappa shape index (κ3) is 6.06. The number of aryl methyl sites for hydroxylation is 2. The van der Waals surface area contributed by atoms with E-state index in [1.54, 1.807) is 7.05 Å². The van der Waals surface area contributed by atoms with E-state index in [9.17, 15) is 19.2 Å². The molecule has 1 unspecified atom stereocenters. The van der Waals surface area contributed by atoms with Gasteiger partial charge in [0.15, 0.2) is 12.4 Å². The first-order chi connectivity index (χ1) is 15.0. The number of hydrogen-bond donors (Lipinski definition) is 1. The summed E-state index contributed by atoms with van der Waals surface area (Å²) >= 11 is 0. The summed E-state index contributed by atoms with van der Waals surface area (Å²) in [6, 6.07) is 6.84. The van der Waals surface area contributed by atoms with Gasteiger partial charge in [0.2, 0.25) is 5.91 Å². The van der Waals surface area contributed by atoms with Crippen LogP contribution in [0, 0.1) is 13.8 Å². The number of hydrogen-bond acceptors (Lipinski definition) is 5. The average Bonchev–Trinajstić information content (AvgIpc) is 3.15. The summed E-state index contributed by atoms with van der Waals surface area (Å²) in [6.07, 6.45) is 2.17. The van der Waals surface area contributed by atoms with Crippen LogP contribution in [0.2, 0.25) is 0 Å². The predicted molar refractivity (Wildman–Crippen MR) is 122 cm³/mol. The second-order valence-corrected chi connectivity index (χ2v) is 7.93. The van der Waals surface area contributed by atoms with E-state index in [2.05, 4.69) is 5.32 Å². The number of anilines is 1. The lowest BCUT2D eigenvalue weighted by atomic mass is 10.1. The number of carbonyl (C=O) groups excluding carboxylic acids is 4. The smallest absolute Gasteiger partial charge is 0.355 e. The van der Waals surface area contributed by atoms with Crippen molar-refractivity contribution in [1.82, 2.24) is 9.47 Å². The Morgan fingerprint density at radius 1 is 1.19 bits per heavy atom. The normalized spacial score (nSPS) is 11.6. The highest BCUT2D eigenvalue weighted by Crippen LogP contribution is 2.18. The molecule has 0 aliphatic carbocycles. The molecule has 1 aromatic carbocycles. The molecule has 0 saturated heterocycles. The summed E-state index contributed by atoms with van der Waals surface area (Å²) in [5, 5.41) is 2.85. The topological polar surface area (TPSA) is 97.7 Å². The molecule has 0 aliphatic heterocycles. The summed E-state index contributed by atoms with van der Waals surface area (Å²) < 4.78 is 6.66. The summed E-state index contributed by atoms with van der Waals surface area (Å²) in [4.78, 5) is 50.7. The lowest BCUT2D eigenvalue weighted by Crippen LogP contribution is -2.45. The monoisotopic (exact) mass is 441 g/mol. The molecule has 0 fully saturated rings. The zero-order chi connectivity index (χ0) is 24.0.